The monoisotopic (exact) mass is 312 g/mol. The molecule has 0 spiro atoms. The van der Waals surface area contributed by atoms with Gasteiger partial charge in [0.25, 0.3) is 0 Å². The lowest BCUT2D eigenvalue weighted by Gasteiger charge is -2.17. The Kier molecular flexibility index (Phi) is 3.48. The number of aliphatic hydroxyl groups excluding tert-OH is 3. The van der Waals surface area contributed by atoms with E-state index in [-0.39, 0.29) is 28.9 Å². The van der Waals surface area contributed by atoms with Crippen molar-refractivity contribution in [3.63, 3.8) is 0 Å². The van der Waals surface area contributed by atoms with E-state index in [2.05, 4.69) is 15.0 Å². The lowest BCUT2D eigenvalue weighted by Crippen LogP contribution is -2.33. The Labute approximate surface area is 124 Å². The van der Waals surface area contributed by atoms with Gasteiger partial charge in [-0.25, -0.2) is 4.98 Å². The van der Waals surface area contributed by atoms with E-state index in [0.717, 1.165) is 0 Å². The number of nitrogens with two attached hydrogens (primary N) is 2. The summed E-state index contributed by atoms with van der Waals surface area (Å²) in [5.41, 5.74) is 12.0. The average Bonchev–Trinajstić information content (AvgIpc) is 2.97. The van der Waals surface area contributed by atoms with Crippen molar-refractivity contribution in [2.24, 2.45) is 0 Å². The highest BCUT2D eigenvalue weighted by Crippen LogP contribution is 2.34. The maximum absolute atomic E-state index is 10.1. The van der Waals surface area contributed by atoms with Crippen LogP contribution in [0.3, 0.4) is 0 Å². The summed E-state index contributed by atoms with van der Waals surface area (Å²) in [7, 11) is 1.37. The zero-order chi connectivity index (χ0) is 16.0. The van der Waals surface area contributed by atoms with Crippen LogP contribution in [0.4, 0.5) is 11.8 Å². The first kappa shape index (κ1) is 14.7. The summed E-state index contributed by atoms with van der Waals surface area (Å²) in [6, 6.07) is -0.00195. The third-order valence-electron chi connectivity index (χ3n) is 3.53. The third kappa shape index (κ3) is 2.02. The number of anilines is 2. The molecule has 0 bridgehead atoms. The topological polar surface area (TPSA) is 175 Å². The molecule has 11 nitrogen and oxygen atoms in total. The molecule has 1 aliphatic rings. The minimum Gasteiger partial charge on any atom is -0.467 e. The van der Waals surface area contributed by atoms with E-state index in [0.29, 0.717) is 0 Å². The third-order valence-corrected chi connectivity index (χ3v) is 3.53. The van der Waals surface area contributed by atoms with Crippen molar-refractivity contribution in [3.8, 4) is 6.01 Å². The number of methoxy groups -OCH3 is 1. The van der Waals surface area contributed by atoms with Crippen LogP contribution in [-0.4, -0.2) is 66.9 Å². The quantitative estimate of drug-likeness (QED) is 0.411. The Hall–Kier alpha value is -2.21. The lowest BCUT2D eigenvalue weighted by molar-refractivity contribution is -0.0500. The predicted molar refractivity (Wildman–Crippen MR) is 73.7 cm³/mol. The summed E-state index contributed by atoms with van der Waals surface area (Å²) in [5, 5.41) is 29.1. The van der Waals surface area contributed by atoms with Crippen molar-refractivity contribution in [3.05, 3.63) is 0 Å². The van der Waals surface area contributed by atoms with Crippen molar-refractivity contribution < 1.29 is 24.8 Å². The van der Waals surface area contributed by atoms with E-state index in [1.165, 1.54) is 11.7 Å². The van der Waals surface area contributed by atoms with Gasteiger partial charge in [0, 0.05) is 0 Å². The lowest BCUT2D eigenvalue weighted by atomic mass is 10.1. The molecule has 11 heteroatoms. The number of nitrogens with zero attached hydrogens (tertiary/aromatic N) is 4. The fourth-order valence-electron chi connectivity index (χ4n) is 2.43. The van der Waals surface area contributed by atoms with Gasteiger partial charge < -0.3 is 36.3 Å². The number of ether oxygens (including phenoxy) is 2. The number of hydrogen-bond acceptors (Lipinski definition) is 10. The van der Waals surface area contributed by atoms with Crippen LogP contribution in [0.2, 0.25) is 0 Å². The molecule has 4 atom stereocenters. The minimum absolute atomic E-state index is 0.00195. The van der Waals surface area contributed by atoms with E-state index in [1.54, 1.807) is 0 Å². The zero-order valence-corrected chi connectivity index (χ0v) is 11.6. The first-order valence-electron chi connectivity index (χ1n) is 6.45. The number of hydrogen-bond donors (Lipinski definition) is 5. The van der Waals surface area contributed by atoms with Crippen LogP contribution in [0.15, 0.2) is 0 Å². The highest BCUT2D eigenvalue weighted by atomic mass is 16.6. The first-order valence-corrected chi connectivity index (χ1v) is 6.45. The molecule has 0 amide bonds. The Morgan fingerprint density at radius 2 is 1.95 bits per heavy atom. The number of rotatable bonds is 3. The molecule has 0 radical (unpaired) electrons. The van der Waals surface area contributed by atoms with Crippen molar-refractivity contribution in [1.82, 2.24) is 19.5 Å². The summed E-state index contributed by atoms with van der Waals surface area (Å²) in [6.45, 7) is -0.457. The van der Waals surface area contributed by atoms with Crippen LogP contribution < -0.4 is 16.2 Å². The van der Waals surface area contributed by atoms with Crippen LogP contribution in [0.25, 0.3) is 11.2 Å². The van der Waals surface area contributed by atoms with Crippen LogP contribution in [-0.2, 0) is 4.74 Å². The van der Waals surface area contributed by atoms with Gasteiger partial charge in [-0.1, -0.05) is 0 Å². The molecule has 0 saturated carbocycles. The van der Waals surface area contributed by atoms with E-state index in [1.807, 2.05) is 0 Å². The van der Waals surface area contributed by atoms with Gasteiger partial charge >= 0.3 is 6.01 Å². The number of aromatic nitrogens is 4. The second-order valence-corrected chi connectivity index (χ2v) is 4.84. The molecule has 2 aromatic heterocycles. The fraction of sp³-hybridized carbons (Fsp3) is 0.545. The van der Waals surface area contributed by atoms with Crippen LogP contribution >= 0.6 is 0 Å². The van der Waals surface area contributed by atoms with Crippen LogP contribution in [0, 0.1) is 0 Å². The molecule has 0 unspecified atom stereocenters. The molecule has 0 aliphatic carbocycles. The Balaban J connectivity index is 2.15. The zero-order valence-electron chi connectivity index (χ0n) is 11.6. The first-order chi connectivity index (χ1) is 10.5. The summed E-state index contributed by atoms with van der Waals surface area (Å²) >= 11 is 0. The largest absolute Gasteiger partial charge is 0.467 e. The molecule has 120 valence electrons. The standard InChI is InChI=1S/C11H16N6O5/c1-21-11-15-7(12)4-8(16-11)17(10(13)14-4)9-6(20)5(19)3(2-18)22-9/h3,5-6,9,18-20H,2H2,1H3,(H2,13,14)(H2,12,15,16)/t3-,5-,6-,9-/m1/s1. The number of nitrogen functional groups attached to an aromatic ring is 2. The van der Waals surface area contributed by atoms with Gasteiger partial charge in [-0.05, 0) is 0 Å². The van der Waals surface area contributed by atoms with Crippen molar-refractivity contribution >= 4 is 22.9 Å². The number of imidazole rings is 1. The maximum atomic E-state index is 10.1. The maximum Gasteiger partial charge on any atom is 0.320 e. The second-order valence-electron chi connectivity index (χ2n) is 4.84. The van der Waals surface area contributed by atoms with Crippen molar-refractivity contribution in [2.75, 3.05) is 25.2 Å². The Morgan fingerprint density at radius 3 is 2.55 bits per heavy atom. The molecule has 1 fully saturated rings. The van der Waals surface area contributed by atoms with Gasteiger partial charge in [0.15, 0.2) is 23.2 Å². The SMILES string of the molecule is COc1nc(N)c2nc(N)n([C@@H]3O[C@H](CO)[C@@H](O)[C@H]3O)c2n1. The summed E-state index contributed by atoms with van der Waals surface area (Å²) in [6.07, 6.45) is -4.61. The predicted octanol–water partition coefficient (Wildman–Crippen LogP) is -2.39. The van der Waals surface area contributed by atoms with Crippen LogP contribution in [0.1, 0.15) is 6.23 Å². The fourth-order valence-corrected chi connectivity index (χ4v) is 2.43. The van der Waals surface area contributed by atoms with Gasteiger partial charge in [-0.2, -0.15) is 9.97 Å². The molecule has 7 N–H and O–H groups in total. The molecule has 0 aromatic carbocycles. The van der Waals surface area contributed by atoms with Gasteiger partial charge in [0.05, 0.1) is 13.7 Å². The van der Waals surface area contributed by atoms with Gasteiger partial charge in [0.1, 0.15) is 18.3 Å². The molecule has 22 heavy (non-hydrogen) atoms. The molecule has 2 aromatic rings. The van der Waals surface area contributed by atoms with Gasteiger partial charge in [-0.15, -0.1) is 0 Å². The molecular weight excluding hydrogens is 296 g/mol. The van der Waals surface area contributed by atoms with Crippen LogP contribution in [0.5, 0.6) is 6.01 Å². The Bertz CT molecular complexity index is 706. The summed E-state index contributed by atoms with van der Waals surface area (Å²) in [5.74, 6) is 0.0261. The molecular formula is C11H16N6O5. The van der Waals surface area contributed by atoms with E-state index in [9.17, 15) is 10.2 Å². The second kappa shape index (κ2) is 5.21. The van der Waals surface area contributed by atoms with E-state index < -0.39 is 31.1 Å². The van der Waals surface area contributed by atoms with Gasteiger partial charge in [-0.3, -0.25) is 4.57 Å². The summed E-state index contributed by atoms with van der Waals surface area (Å²) < 4.78 is 11.7. The highest BCUT2D eigenvalue weighted by molar-refractivity contribution is 5.84. The van der Waals surface area contributed by atoms with E-state index >= 15 is 0 Å². The highest BCUT2D eigenvalue weighted by Gasteiger charge is 2.44. The van der Waals surface area contributed by atoms with Crippen molar-refractivity contribution in [2.45, 2.75) is 24.5 Å². The molecule has 3 heterocycles. The average molecular weight is 312 g/mol. The molecule has 1 saturated heterocycles. The normalized spacial score (nSPS) is 28.4. The molecule has 3 rings (SSSR count). The Morgan fingerprint density at radius 1 is 1.23 bits per heavy atom. The van der Waals surface area contributed by atoms with E-state index in [4.69, 9.17) is 26.0 Å². The summed E-state index contributed by atoms with van der Waals surface area (Å²) in [4.78, 5) is 12.0. The smallest absolute Gasteiger partial charge is 0.320 e. The van der Waals surface area contributed by atoms with Crippen molar-refractivity contribution in [1.29, 1.82) is 0 Å². The number of fused-ring (bicyclic) bond motifs is 1. The molecule has 1 aliphatic heterocycles. The number of aliphatic hydroxyl groups is 3. The van der Waals surface area contributed by atoms with Gasteiger partial charge in [0.2, 0.25) is 5.95 Å². The minimum atomic E-state index is -1.32.